The summed E-state index contributed by atoms with van der Waals surface area (Å²) < 4.78 is 31.1. The first-order chi connectivity index (χ1) is 10.7. The predicted octanol–water partition coefficient (Wildman–Crippen LogP) is 1.98. The van der Waals surface area contributed by atoms with Crippen LogP contribution in [0.25, 0.3) is 11.0 Å². The van der Waals surface area contributed by atoms with Gasteiger partial charge in [-0.1, -0.05) is 25.0 Å². The number of anilines is 1. The van der Waals surface area contributed by atoms with Gasteiger partial charge in [-0.05, 0) is 25.0 Å². The Morgan fingerprint density at radius 3 is 2.41 bits per heavy atom. The van der Waals surface area contributed by atoms with Crippen LogP contribution in [0.15, 0.2) is 24.3 Å². The summed E-state index contributed by atoms with van der Waals surface area (Å²) >= 11 is 0. The Morgan fingerprint density at radius 2 is 1.64 bits per heavy atom. The molecule has 4 rings (SSSR count). The molecule has 2 aliphatic heterocycles. The fourth-order valence-corrected chi connectivity index (χ4v) is 5.05. The van der Waals surface area contributed by atoms with Crippen LogP contribution in [-0.4, -0.2) is 41.9 Å². The largest absolute Gasteiger partial charge is 0.307 e. The molecular formula is C15H20N4O2S. The molecule has 0 atom stereocenters. The average Bonchev–Trinajstić information content (AvgIpc) is 2.94. The van der Waals surface area contributed by atoms with Crippen LogP contribution < -0.4 is 4.31 Å². The van der Waals surface area contributed by atoms with Gasteiger partial charge in [0.15, 0.2) is 0 Å². The monoisotopic (exact) mass is 320 g/mol. The van der Waals surface area contributed by atoms with Crippen LogP contribution in [0.5, 0.6) is 0 Å². The zero-order chi connectivity index (χ0) is 15.2. The van der Waals surface area contributed by atoms with E-state index >= 15 is 0 Å². The summed E-state index contributed by atoms with van der Waals surface area (Å²) in [7, 11) is -3.46. The molecular weight excluding hydrogens is 300 g/mol. The van der Waals surface area contributed by atoms with Crippen LogP contribution in [0, 0.1) is 0 Å². The number of fused-ring (bicyclic) bond motifs is 3. The van der Waals surface area contributed by atoms with Crippen molar-refractivity contribution in [2.75, 3.05) is 23.9 Å². The number of para-hydroxylation sites is 2. The summed E-state index contributed by atoms with van der Waals surface area (Å²) in [4.78, 5) is 4.54. The number of nitrogens with zero attached hydrogens (tertiary/aromatic N) is 4. The zero-order valence-electron chi connectivity index (χ0n) is 12.5. The van der Waals surface area contributed by atoms with Gasteiger partial charge in [0.25, 0.3) is 0 Å². The van der Waals surface area contributed by atoms with E-state index in [1.54, 1.807) is 4.31 Å². The second-order valence-electron chi connectivity index (χ2n) is 5.95. The number of rotatable bonds is 2. The second-order valence-corrected chi connectivity index (χ2v) is 7.80. The molecule has 22 heavy (non-hydrogen) atoms. The van der Waals surface area contributed by atoms with E-state index in [4.69, 9.17) is 0 Å². The minimum Gasteiger partial charge on any atom is -0.307 e. The van der Waals surface area contributed by atoms with Gasteiger partial charge in [-0.2, -0.15) is 12.7 Å². The van der Waals surface area contributed by atoms with E-state index < -0.39 is 10.2 Å². The lowest BCUT2D eigenvalue weighted by Gasteiger charge is -2.26. The first kappa shape index (κ1) is 14.0. The van der Waals surface area contributed by atoms with Crippen LogP contribution in [0.2, 0.25) is 0 Å². The van der Waals surface area contributed by atoms with E-state index in [0.717, 1.165) is 36.7 Å². The van der Waals surface area contributed by atoms with Crippen LogP contribution in [0.1, 0.15) is 25.7 Å². The molecule has 118 valence electrons. The molecule has 0 N–H and O–H groups in total. The first-order valence-corrected chi connectivity index (χ1v) is 9.31. The fourth-order valence-electron chi connectivity index (χ4n) is 3.39. The van der Waals surface area contributed by atoms with Gasteiger partial charge in [0.05, 0.1) is 17.6 Å². The van der Waals surface area contributed by atoms with Crippen LogP contribution >= 0.6 is 0 Å². The van der Waals surface area contributed by atoms with Crippen LogP contribution in [0.4, 0.5) is 5.95 Å². The summed E-state index contributed by atoms with van der Waals surface area (Å²) in [6, 6.07) is 7.81. The van der Waals surface area contributed by atoms with Gasteiger partial charge in [-0.25, -0.2) is 9.29 Å². The topological polar surface area (TPSA) is 58.4 Å². The number of imidazole rings is 1. The molecule has 0 aliphatic carbocycles. The lowest BCUT2D eigenvalue weighted by atomic mass is 10.2. The van der Waals surface area contributed by atoms with Crippen molar-refractivity contribution >= 4 is 27.2 Å². The number of hydrogen-bond acceptors (Lipinski definition) is 3. The van der Waals surface area contributed by atoms with Gasteiger partial charge in [-0.15, -0.1) is 0 Å². The number of benzene rings is 1. The van der Waals surface area contributed by atoms with Crippen molar-refractivity contribution in [3.05, 3.63) is 24.3 Å². The van der Waals surface area contributed by atoms with E-state index in [2.05, 4.69) is 4.98 Å². The second kappa shape index (κ2) is 5.24. The van der Waals surface area contributed by atoms with Gasteiger partial charge >= 0.3 is 10.2 Å². The molecule has 0 bridgehead atoms. The third-order valence-electron chi connectivity index (χ3n) is 4.55. The van der Waals surface area contributed by atoms with Crippen molar-refractivity contribution in [1.82, 2.24) is 13.9 Å². The molecule has 0 radical (unpaired) electrons. The average molecular weight is 320 g/mol. The molecule has 7 heteroatoms. The molecule has 6 nitrogen and oxygen atoms in total. The van der Waals surface area contributed by atoms with Gasteiger partial charge in [0.2, 0.25) is 5.95 Å². The molecule has 2 aliphatic rings. The molecule has 1 aromatic heterocycles. The summed E-state index contributed by atoms with van der Waals surface area (Å²) in [5.74, 6) is 0.561. The number of hydrogen-bond donors (Lipinski definition) is 0. The first-order valence-electron chi connectivity index (χ1n) is 7.91. The third-order valence-corrected chi connectivity index (χ3v) is 6.47. The smallest absolute Gasteiger partial charge is 0.306 e. The van der Waals surface area contributed by atoms with E-state index in [1.807, 2.05) is 28.8 Å². The Labute approximate surface area is 130 Å². The summed E-state index contributed by atoms with van der Waals surface area (Å²) in [6.45, 7) is 2.40. The van der Waals surface area contributed by atoms with E-state index in [9.17, 15) is 8.42 Å². The highest BCUT2D eigenvalue weighted by Crippen LogP contribution is 2.30. The molecule has 0 saturated carbocycles. The van der Waals surface area contributed by atoms with E-state index in [1.165, 1.54) is 4.31 Å². The Bertz CT molecular complexity index is 791. The maximum Gasteiger partial charge on any atom is 0.306 e. The standard InChI is InChI=1S/C15H20N4O2S/c20-22(21,17-9-5-1-2-6-10-17)19-12-11-18-14-8-4-3-7-13(14)16-15(18)19/h3-4,7-8H,1-2,5-6,9-12H2. The quantitative estimate of drug-likeness (QED) is 0.850. The molecule has 3 heterocycles. The fraction of sp³-hybridized carbons (Fsp3) is 0.533. The van der Waals surface area contributed by atoms with Gasteiger partial charge < -0.3 is 4.57 Å². The molecule has 1 saturated heterocycles. The number of aromatic nitrogens is 2. The zero-order valence-corrected chi connectivity index (χ0v) is 13.3. The van der Waals surface area contributed by atoms with Crippen molar-refractivity contribution in [3.8, 4) is 0 Å². The van der Waals surface area contributed by atoms with Gasteiger partial charge in [-0.3, -0.25) is 0 Å². The maximum atomic E-state index is 13.0. The van der Waals surface area contributed by atoms with Crippen LogP contribution in [-0.2, 0) is 16.8 Å². The lowest BCUT2D eigenvalue weighted by molar-refractivity contribution is 0.421. The highest BCUT2D eigenvalue weighted by molar-refractivity contribution is 7.90. The Balaban J connectivity index is 1.73. The van der Waals surface area contributed by atoms with Crippen molar-refractivity contribution in [2.45, 2.75) is 32.2 Å². The molecule has 2 aromatic rings. The maximum absolute atomic E-state index is 13.0. The van der Waals surface area contributed by atoms with Crippen molar-refractivity contribution in [1.29, 1.82) is 0 Å². The Hall–Kier alpha value is -1.60. The highest BCUT2D eigenvalue weighted by Gasteiger charge is 2.36. The predicted molar refractivity (Wildman–Crippen MR) is 86.0 cm³/mol. The highest BCUT2D eigenvalue weighted by atomic mass is 32.2. The van der Waals surface area contributed by atoms with Crippen molar-refractivity contribution in [2.24, 2.45) is 0 Å². The molecule has 0 amide bonds. The van der Waals surface area contributed by atoms with Crippen molar-refractivity contribution in [3.63, 3.8) is 0 Å². The van der Waals surface area contributed by atoms with Crippen LogP contribution in [0.3, 0.4) is 0 Å². The Morgan fingerprint density at radius 1 is 0.909 bits per heavy atom. The third kappa shape index (κ3) is 2.11. The minimum atomic E-state index is -3.46. The summed E-state index contributed by atoms with van der Waals surface area (Å²) in [5.41, 5.74) is 1.86. The Kier molecular flexibility index (Phi) is 3.34. The van der Waals surface area contributed by atoms with Gasteiger partial charge in [0.1, 0.15) is 0 Å². The lowest BCUT2D eigenvalue weighted by Crippen LogP contribution is -2.43. The van der Waals surface area contributed by atoms with Crippen molar-refractivity contribution < 1.29 is 8.42 Å². The summed E-state index contributed by atoms with van der Waals surface area (Å²) in [6.07, 6.45) is 4.13. The molecule has 0 spiro atoms. The molecule has 1 fully saturated rings. The van der Waals surface area contributed by atoms with Gasteiger partial charge in [0, 0.05) is 19.6 Å². The summed E-state index contributed by atoms with van der Waals surface area (Å²) in [5, 5.41) is 0. The molecule has 0 unspecified atom stereocenters. The van der Waals surface area contributed by atoms with E-state index in [-0.39, 0.29) is 0 Å². The normalized spacial score (nSPS) is 20.3. The molecule has 1 aromatic carbocycles. The SMILES string of the molecule is O=S(=O)(N1CCCCCC1)N1CCn2c1nc1ccccc12. The minimum absolute atomic E-state index is 0.478. The van der Waals surface area contributed by atoms with E-state index in [0.29, 0.717) is 32.1 Å².